The standard InChI is InChI=1S/C14H14F3N3O2/c1-3-22-19-13(21)12-8-18-20(9(12)2)11-6-4-5-10(7-11)14(15,16)17/h4-8H,3H2,1-2H3,(H,19,21). The number of halogens is 3. The third-order valence-electron chi connectivity index (χ3n) is 2.98. The van der Waals surface area contributed by atoms with E-state index >= 15 is 0 Å². The van der Waals surface area contributed by atoms with Crippen LogP contribution in [0, 0.1) is 6.92 Å². The summed E-state index contributed by atoms with van der Waals surface area (Å²) in [5.41, 5.74) is 2.31. The number of hydroxylamine groups is 1. The number of hydrogen-bond donors (Lipinski definition) is 1. The number of benzene rings is 1. The Balaban J connectivity index is 2.35. The van der Waals surface area contributed by atoms with Crippen LogP contribution in [0.5, 0.6) is 0 Å². The molecular weight excluding hydrogens is 299 g/mol. The van der Waals surface area contributed by atoms with E-state index in [4.69, 9.17) is 4.84 Å². The van der Waals surface area contributed by atoms with Gasteiger partial charge in [-0.3, -0.25) is 9.63 Å². The highest BCUT2D eigenvalue weighted by atomic mass is 19.4. The van der Waals surface area contributed by atoms with Crippen molar-refractivity contribution in [2.24, 2.45) is 0 Å². The van der Waals surface area contributed by atoms with Crippen LogP contribution in [0.15, 0.2) is 30.5 Å². The van der Waals surface area contributed by atoms with E-state index in [1.165, 1.54) is 23.0 Å². The van der Waals surface area contributed by atoms with E-state index in [2.05, 4.69) is 10.6 Å². The minimum absolute atomic E-state index is 0.225. The molecule has 22 heavy (non-hydrogen) atoms. The molecule has 0 fully saturated rings. The van der Waals surface area contributed by atoms with E-state index in [9.17, 15) is 18.0 Å². The highest BCUT2D eigenvalue weighted by molar-refractivity contribution is 5.94. The second-order valence-electron chi connectivity index (χ2n) is 4.47. The van der Waals surface area contributed by atoms with Crippen LogP contribution in [-0.2, 0) is 11.0 Å². The molecule has 5 nitrogen and oxygen atoms in total. The molecule has 0 unspecified atom stereocenters. The maximum Gasteiger partial charge on any atom is 0.416 e. The molecule has 0 aliphatic rings. The van der Waals surface area contributed by atoms with Gasteiger partial charge in [0.1, 0.15) is 0 Å². The molecule has 1 aromatic heterocycles. The molecule has 118 valence electrons. The van der Waals surface area contributed by atoms with Gasteiger partial charge in [-0.15, -0.1) is 0 Å². The molecule has 0 spiro atoms. The minimum atomic E-state index is -4.44. The van der Waals surface area contributed by atoms with Gasteiger partial charge in [-0.2, -0.15) is 18.3 Å². The molecule has 0 radical (unpaired) electrons. The Bertz CT molecular complexity index is 680. The predicted molar refractivity (Wildman–Crippen MR) is 72.4 cm³/mol. The lowest BCUT2D eigenvalue weighted by Gasteiger charge is -2.10. The second-order valence-corrected chi connectivity index (χ2v) is 4.47. The second kappa shape index (κ2) is 6.18. The quantitative estimate of drug-likeness (QED) is 0.883. The maximum absolute atomic E-state index is 12.7. The number of nitrogens with one attached hydrogen (secondary N) is 1. The van der Waals surface area contributed by atoms with E-state index in [1.54, 1.807) is 13.8 Å². The largest absolute Gasteiger partial charge is 0.416 e. The molecule has 8 heteroatoms. The van der Waals surface area contributed by atoms with Crippen molar-refractivity contribution in [2.75, 3.05) is 6.61 Å². The number of carbonyl (C=O) groups excluding carboxylic acids is 1. The third kappa shape index (κ3) is 3.28. The third-order valence-corrected chi connectivity index (χ3v) is 2.98. The van der Waals surface area contributed by atoms with Crippen LogP contribution in [0.25, 0.3) is 5.69 Å². The molecule has 0 saturated heterocycles. The van der Waals surface area contributed by atoms with Crippen LogP contribution in [-0.4, -0.2) is 22.3 Å². The van der Waals surface area contributed by atoms with Crippen LogP contribution in [0.3, 0.4) is 0 Å². The molecule has 0 aliphatic carbocycles. The van der Waals surface area contributed by atoms with Crippen molar-refractivity contribution in [3.8, 4) is 5.69 Å². The van der Waals surface area contributed by atoms with Crippen molar-refractivity contribution in [3.05, 3.63) is 47.3 Å². The van der Waals surface area contributed by atoms with Crippen molar-refractivity contribution >= 4 is 5.91 Å². The van der Waals surface area contributed by atoms with E-state index in [0.29, 0.717) is 12.3 Å². The number of nitrogens with zero attached hydrogens (tertiary/aromatic N) is 2. The molecule has 1 amide bonds. The lowest BCUT2D eigenvalue weighted by Crippen LogP contribution is -2.24. The number of carbonyl (C=O) groups is 1. The SMILES string of the molecule is CCONC(=O)c1cnn(-c2cccc(C(F)(F)F)c2)c1C. The lowest BCUT2D eigenvalue weighted by atomic mass is 10.2. The fourth-order valence-electron chi connectivity index (χ4n) is 1.90. The Kier molecular flexibility index (Phi) is 4.51. The van der Waals surface area contributed by atoms with Gasteiger partial charge in [-0.05, 0) is 32.0 Å². The number of rotatable bonds is 4. The first-order chi connectivity index (χ1) is 10.3. The van der Waals surface area contributed by atoms with Crippen LogP contribution in [0.2, 0.25) is 0 Å². The van der Waals surface area contributed by atoms with Crippen LogP contribution < -0.4 is 5.48 Å². The molecular formula is C14H14F3N3O2. The molecule has 2 rings (SSSR count). The van der Waals surface area contributed by atoms with Gasteiger partial charge in [0, 0.05) is 0 Å². The van der Waals surface area contributed by atoms with E-state index in [0.717, 1.165) is 12.1 Å². The van der Waals surface area contributed by atoms with Gasteiger partial charge in [0.05, 0.1) is 35.3 Å². The molecule has 1 heterocycles. The summed E-state index contributed by atoms with van der Waals surface area (Å²) in [7, 11) is 0. The molecule has 0 saturated carbocycles. The smallest absolute Gasteiger partial charge is 0.274 e. The highest BCUT2D eigenvalue weighted by Crippen LogP contribution is 2.30. The zero-order valence-electron chi connectivity index (χ0n) is 11.9. The Morgan fingerprint density at radius 1 is 1.41 bits per heavy atom. The van der Waals surface area contributed by atoms with Crippen molar-refractivity contribution in [2.45, 2.75) is 20.0 Å². The average Bonchev–Trinajstić information content (AvgIpc) is 2.86. The molecule has 1 aromatic carbocycles. The summed E-state index contributed by atoms with van der Waals surface area (Å²) in [5.74, 6) is -0.502. The zero-order valence-corrected chi connectivity index (χ0v) is 11.9. The molecule has 1 N–H and O–H groups in total. The van der Waals surface area contributed by atoms with Gasteiger partial charge in [0.2, 0.25) is 0 Å². The lowest BCUT2D eigenvalue weighted by molar-refractivity contribution is -0.137. The van der Waals surface area contributed by atoms with Gasteiger partial charge in [0.25, 0.3) is 5.91 Å². The number of amides is 1. The first kappa shape index (κ1) is 16.0. The predicted octanol–water partition coefficient (Wildman–Crippen LogP) is 2.88. The van der Waals surface area contributed by atoms with Crippen molar-refractivity contribution in [3.63, 3.8) is 0 Å². The normalized spacial score (nSPS) is 11.5. The van der Waals surface area contributed by atoms with Gasteiger partial charge in [-0.1, -0.05) is 6.07 Å². The van der Waals surface area contributed by atoms with Gasteiger partial charge >= 0.3 is 6.18 Å². The van der Waals surface area contributed by atoms with Gasteiger partial charge in [-0.25, -0.2) is 10.2 Å². The molecule has 0 aliphatic heterocycles. The fourth-order valence-corrected chi connectivity index (χ4v) is 1.90. The van der Waals surface area contributed by atoms with Crippen LogP contribution in [0.4, 0.5) is 13.2 Å². The molecule has 0 atom stereocenters. The number of aromatic nitrogens is 2. The molecule has 2 aromatic rings. The average molecular weight is 313 g/mol. The highest BCUT2D eigenvalue weighted by Gasteiger charge is 2.30. The van der Waals surface area contributed by atoms with Crippen molar-refractivity contribution in [1.82, 2.24) is 15.3 Å². The van der Waals surface area contributed by atoms with Crippen molar-refractivity contribution in [1.29, 1.82) is 0 Å². The van der Waals surface area contributed by atoms with Gasteiger partial charge < -0.3 is 0 Å². The zero-order chi connectivity index (χ0) is 16.3. The summed E-state index contributed by atoms with van der Waals surface area (Å²) < 4.78 is 39.5. The van der Waals surface area contributed by atoms with E-state index in [-0.39, 0.29) is 11.3 Å². The molecule has 0 bridgehead atoms. The van der Waals surface area contributed by atoms with E-state index < -0.39 is 17.6 Å². The maximum atomic E-state index is 12.7. The van der Waals surface area contributed by atoms with Crippen LogP contribution >= 0.6 is 0 Å². The Labute approximate surface area is 124 Å². The Morgan fingerprint density at radius 3 is 2.77 bits per heavy atom. The first-order valence-corrected chi connectivity index (χ1v) is 6.49. The Morgan fingerprint density at radius 2 is 2.14 bits per heavy atom. The number of hydrogen-bond acceptors (Lipinski definition) is 3. The summed E-state index contributed by atoms with van der Waals surface area (Å²) in [6.45, 7) is 3.60. The summed E-state index contributed by atoms with van der Waals surface area (Å²) >= 11 is 0. The Hall–Kier alpha value is -2.35. The van der Waals surface area contributed by atoms with Crippen LogP contribution in [0.1, 0.15) is 28.5 Å². The number of alkyl halides is 3. The first-order valence-electron chi connectivity index (χ1n) is 6.49. The minimum Gasteiger partial charge on any atom is -0.274 e. The fraction of sp³-hybridized carbons (Fsp3) is 0.286. The summed E-state index contributed by atoms with van der Waals surface area (Å²) in [6.07, 6.45) is -3.16. The van der Waals surface area contributed by atoms with E-state index in [1.807, 2.05) is 0 Å². The summed E-state index contributed by atoms with van der Waals surface area (Å²) in [6, 6.07) is 4.73. The van der Waals surface area contributed by atoms with Crippen molar-refractivity contribution < 1.29 is 22.8 Å². The summed E-state index contributed by atoms with van der Waals surface area (Å²) in [5, 5.41) is 3.97. The van der Waals surface area contributed by atoms with Gasteiger partial charge in [0.15, 0.2) is 0 Å². The monoisotopic (exact) mass is 313 g/mol. The summed E-state index contributed by atoms with van der Waals surface area (Å²) in [4.78, 5) is 16.6. The topological polar surface area (TPSA) is 56.1 Å².